The number of carbonyl (C=O) groups is 2. The minimum atomic E-state index is -4.55. The van der Waals surface area contributed by atoms with Crippen LogP contribution in [0.4, 0.5) is 18.9 Å². The van der Waals surface area contributed by atoms with Gasteiger partial charge in [-0.3, -0.25) is 9.59 Å². The summed E-state index contributed by atoms with van der Waals surface area (Å²) in [7, 11) is 0. The Labute approximate surface area is 153 Å². The number of anilines is 1. The van der Waals surface area contributed by atoms with Crippen molar-refractivity contribution in [2.75, 3.05) is 11.9 Å². The zero-order valence-electron chi connectivity index (χ0n) is 14.1. The van der Waals surface area contributed by atoms with Gasteiger partial charge in [0.2, 0.25) is 0 Å². The third-order valence-corrected chi connectivity index (χ3v) is 4.52. The van der Waals surface area contributed by atoms with Gasteiger partial charge < -0.3 is 15.7 Å². The number of benzene rings is 2. The van der Waals surface area contributed by atoms with Crippen molar-refractivity contribution >= 4 is 17.5 Å². The van der Waals surface area contributed by atoms with E-state index in [1.54, 1.807) is 12.1 Å². The highest BCUT2D eigenvalue weighted by Crippen LogP contribution is 2.36. The minimum Gasteiger partial charge on any atom is -0.383 e. The van der Waals surface area contributed by atoms with E-state index in [0.29, 0.717) is 18.4 Å². The molecule has 3 N–H and O–H groups in total. The van der Waals surface area contributed by atoms with Gasteiger partial charge in [0.25, 0.3) is 0 Å². The maximum atomic E-state index is 12.7. The topological polar surface area (TPSA) is 78.4 Å². The lowest BCUT2D eigenvalue weighted by atomic mass is 9.96. The standard InChI is InChI=1S/C19H17F3N2O3/c20-19(21,22)13-5-3-6-14(10-13)24-17(26)16(25)23-11-18(27)9-8-12-4-1-2-7-15(12)18/h1-7,10,27H,8-9,11H2,(H,23,25)(H,24,26)/t18-/m0/s1. The molecule has 1 aliphatic carbocycles. The molecule has 27 heavy (non-hydrogen) atoms. The predicted molar refractivity (Wildman–Crippen MR) is 91.7 cm³/mol. The monoisotopic (exact) mass is 378 g/mol. The van der Waals surface area contributed by atoms with Gasteiger partial charge in [0, 0.05) is 5.69 Å². The minimum absolute atomic E-state index is 0.144. The summed E-state index contributed by atoms with van der Waals surface area (Å²) in [4.78, 5) is 23.9. The normalized spacial score (nSPS) is 18.7. The summed E-state index contributed by atoms with van der Waals surface area (Å²) < 4.78 is 38.1. The third kappa shape index (κ3) is 4.11. The molecule has 0 aromatic heterocycles. The molecular weight excluding hydrogens is 361 g/mol. The van der Waals surface area contributed by atoms with Crippen LogP contribution in [-0.4, -0.2) is 23.5 Å². The summed E-state index contributed by atoms with van der Waals surface area (Å²) in [5.74, 6) is -2.14. The molecule has 1 atom stereocenters. The van der Waals surface area contributed by atoms with Crippen LogP contribution in [0.5, 0.6) is 0 Å². The highest BCUT2D eigenvalue weighted by molar-refractivity contribution is 6.39. The maximum Gasteiger partial charge on any atom is 0.416 e. The fourth-order valence-corrected chi connectivity index (χ4v) is 3.12. The number of carbonyl (C=O) groups excluding carboxylic acids is 2. The Morgan fingerprint density at radius 3 is 2.56 bits per heavy atom. The Balaban J connectivity index is 1.62. The van der Waals surface area contributed by atoms with Crippen LogP contribution in [0.3, 0.4) is 0 Å². The number of hydrogen-bond acceptors (Lipinski definition) is 3. The molecule has 0 spiro atoms. The molecule has 0 saturated heterocycles. The SMILES string of the molecule is O=C(NC[C@@]1(O)CCc2ccccc21)C(=O)Nc1cccc(C(F)(F)F)c1. The largest absolute Gasteiger partial charge is 0.416 e. The van der Waals surface area contributed by atoms with Crippen molar-refractivity contribution in [2.24, 2.45) is 0 Å². The summed E-state index contributed by atoms with van der Waals surface area (Å²) in [6.45, 7) is -0.168. The van der Waals surface area contributed by atoms with E-state index in [1.807, 2.05) is 12.1 Å². The van der Waals surface area contributed by atoms with Gasteiger partial charge >= 0.3 is 18.0 Å². The van der Waals surface area contributed by atoms with E-state index < -0.39 is 29.2 Å². The molecule has 1 aliphatic rings. The molecular formula is C19H17F3N2O3. The second kappa shape index (κ2) is 7.03. The predicted octanol–water partition coefficient (Wildman–Crippen LogP) is 2.59. The van der Waals surface area contributed by atoms with Crippen LogP contribution in [-0.2, 0) is 27.8 Å². The van der Waals surface area contributed by atoms with Gasteiger partial charge in [-0.25, -0.2) is 0 Å². The average molecular weight is 378 g/mol. The van der Waals surface area contributed by atoms with Crippen molar-refractivity contribution in [3.05, 3.63) is 65.2 Å². The molecule has 142 valence electrons. The van der Waals surface area contributed by atoms with Crippen molar-refractivity contribution in [1.29, 1.82) is 0 Å². The summed E-state index contributed by atoms with van der Waals surface area (Å²) >= 11 is 0. The lowest BCUT2D eigenvalue weighted by Gasteiger charge is -2.24. The first-order valence-electron chi connectivity index (χ1n) is 8.26. The highest BCUT2D eigenvalue weighted by Gasteiger charge is 2.37. The summed E-state index contributed by atoms with van der Waals surface area (Å²) in [5.41, 5.74) is -0.679. The summed E-state index contributed by atoms with van der Waals surface area (Å²) in [6.07, 6.45) is -3.50. The van der Waals surface area contributed by atoms with Crippen LogP contribution in [0.15, 0.2) is 48.5 Å². The van der Waals surface area contributed by atoms with E-state index in [9.17, 15) is 27.9 Å². The second-order valence-corrected chi connectivity index (χ2v) is 6.40. The lowest BCUT2D eigenvalue weighted by Crippen LogP contribution is -2.43. The van der Waals surface area contributed by atoms with Crippen LogP contribution in [0.2, 0.25) is 0 Å². The number of aliphatic hydroxyl groups is 1. The van der Waals surface area contributed by atoms with E-state index in [1.165, 1.54) is 6.07 Å². The maximum absolute atomic E-state index is 12.7. The smallest absolute Gasteiger partial charge is 0.383 e. The van der Waals surface area contributed by atoms with Gasteiger partial charge in [-0.15, -0.1) is 0 Å². The molecule has 3 rings (SSSR count). The number of hydrogen-bond donors (Lipinski definition) is 3. The lowest BCUT2D eigenvalue weighted by molar-refractivity contribution is -0.137. The molecule has 5 nitrogen and oxygen atoms in total. The number of nitrogens with one attached hydrogen (secondary N) is 2. The Morgan fingerprint density at radius 1 is 1.07 bits per heavy atom. The van der Waals surface area contributed by atoms with Crippen LogP contribution in [0.25, 0.3) is 0 Å². The van der Waals surface area contributed by atoms with E-state index in [0.717, 1.165) is 23.8 Å². The van der Waals surface area contributed by atoms with Crippen LogP contribution < -0.4 is 10.6 Å². The molecule has 0 heterocycles. The molecule has 0 aliphatic heterocycles. The third-order valence-electron chi connectivity index (χ3n) is 4.52. The van der Waals surface area contributed by atoms with Gasteiger partial charge in [0.1, 0.15) is 5.60 Å². The Kier molecular flexibility index (Phi) is 4.93. The fourth-order valence-electron chi connectivity index (χ4n) is 3.12. The van der Waals surface area contributed by atoms with Crippen molar-refractivity contribution in [1.82, 2.24) is 5.32 Å². The number of halogens is 3. The Hall–Kier alpha value is -2.87. The van der Waals surface area contributed by atoms with Crippen molar-refractivity contribution < 1.29 is 27.9 Å². The fraction of sp³-hybridized carbons (Fsp3) is 0.263. The quantitative estimate of drug-likeness (QED) is 0.719. The van der Waals surface area contributed by atoms with Crippen LogP contribution in [0, 0.1) is 0 Å². The highest BCUT2D eigenvalue weighted by atomic mass is 19.4. The van der Waals surface area contributed by atoms with Crippen LogP contribution in [0.1, 0.15) is 23.1 Å². The number of amides is 2. The van der Waals surface area contributed by atoms with Gasteiger partial charge in [-0.1, -0.05) is 30.3 Å². The molecule has 0 radical (unpaired) electrons. The molecule has 0 saturated carbocycles. The van der Waals surface area contributed by atoms with E-state index in [4.69, 9.17) is 0 Å². The summed E-state index contributed by atoms with van der Waals surface area (Å²) in [5, 5.41) is 15.2. The van der Waals surface area contributed by atoms with Crippen LogP contribution >= 0.6 is 0 Å². The number of alkyl halides is 3. The van der Waals surface area contributed by atoms with Crippen molar-refractivity contribution in [2.45, 2.75) is 24.6 Å². The van der Waals surface area contributed by atoms with Crippen molar-refractivity contribution in [3.63, 3.8) is 0 Å². The molecule has 2 aromatic rings. The van der Waals surface area contributed by atoms with E-state index >= 15 is 0 Å². The van der Waals surface area contributed by atoms with Crippen molar-refractivity contribution in [3.8, 4) is 0 Å². The molecule has 0 unspecified atom stereocenters. The zero-order chi connectivity index (χ0) is 19.7. The first-order valence-corrected chi connectivity index (χ1v) is 8.26. The molecule has 0 bridgehead atoms. The number of fused-ring (bicyclic) bond motifs is 1. The first-order chi connectivity index (χ1) is 12.7. The van der Waals surface area contributed by atoms with Gasteiger partial charge in [0.15, 0.2) is 0 Å². The molecule has 2 aromatic carbocycles. The Morgan fingerprint density at radius 2 is 1.81 bits per heavy atom. The number of aryl methyl sites for hydroxylation is 1. The molecule has 2 amide bonds. The van der Waals surface area contributed by atoms with E-state index in [-0.39, 0.29) is 12.2 Å². The average Bonchev–Trinajstić information content (AvgIpc) is 2.97. The number of rotatable bonds is 3. The van der Waals surface area contributed by atoms with Gasteiger partial charge in [-0.05, 0) is 42.2 Å². The first kappa shape index (κ1) is 18.9. The van der Waals surface area contributed by atoms with Gasteiger partial charge in [-0.2, -0.15) is 13.2 Å². The summed E-state index contributed by atoms with van der Waals surface area (Å²) in [6, 6.07) is 11.3. The Bertz CT molecular complexity index is 882. The molecule has 0 fully saturated rings. The molecule has 8 heteroatoms. The second-order valence-electron chi connectivity index (χ2n) is 6.40. The zero-order valence-corrected chi connectivity index (χ0v) is 14.1. The van der Waals surface area contributed by atoms with E-state index in [2.05, 4.69) is 10.6 Å². The van der Waals surface area contributed by atoms with Gasteiger partial charge in [0.05, 0.1) is 12.1 Å².